The number of fused-ring (bicyclic) bond motifs is 3. The first kappa shape index (κ1) is 17.8. The number of rotatable bonds is 5. The maximum atomic E-state index is 12.2. The van der Waals surface area contributed by atoms with Crippen LogP contribution >= 0.6 is 0 Å². The molecule has 0 radical (unpaired) electrons. The molecule has 0 aromatic heterocycles. The fraction of sp³-hybridized carbons (Fsp3) is 0.391. The number of amides is 1. The van der Waals surface area contributed by atoms with E-state index >= 15 is 0 Å². The number of benzene rings is 2. The van der Waals surface area contributed by atoms with Crippen molar-refractivity contribution in [2.24, 2.45) is 17.3 Å². The Hall–Kier alpha value is -2.62. The number of nitrogens with one attached hydrogen (secondary N) is 1. The number of ketones is 1. The SMILES string of the molecule is CC(=O)[C@@H]1[C@@H](CNC(=O)OCC2c3ccccc3-c3ccccc32)C1(C)C. The lowest BCUT2D eigenvalue weighted by molar-refractivity contribution is -0.119. The number of hydrogen-bond donors (Lipinski definition) is 1. The molecule has 27 heavy (non-hydrogen) atoms. The third-order valence-corrected chi connectivity index (χ3v) is 6.30. The molecule has 0 unspecified atom stereocenters. The number of carbonyl (C=O) groups excluding carboxylic acids is 2. The van der Waals surface area contributed by atoms with E-state index in [9.17, 15) is 9.59 Å². The van der Waals surface area contributed by atoms with Crippen molar-refractivity contribution in [3.63, 3.8) is 0 Å². The van der Waals surface area contributed by atoms with Gasteiger partial charge in [-0.3, -0.25) is 4.79 Å². The zero-order valence-electron chi connectivity index (χ0n) is 16.0. The Morgan fingerprint density at radius 2 is 1.56 bits per heavy atom. The zero-order chi connectivity index (χ0) is 19.2. The molecule has 4 heteroatoms. The van der Waals surface area contributed by atoms with Crippen molar-refractivity contribution < 1.29 is 14.3 Å². The minimum Gasteiger partial charge on any atom is -0.449 e. The van der Waals surface area contributed by atoms with Crippen molar-refractivity contribution >= 4 is 11.9 Å². The first-order valence-electron chi connectivity index (χ1n) is 9.50. The van der Waals surface area contributed by atoms with Gasteiger partial charge in [0.1, 0.15) is 12.4 Å². The van der Waals surface area contributed by atoms with Gasteiger partial charge in [0.05, 0.1) is 0 Å². The van der Waals surface area contributed by atoms with Gasteiger partial charge in [0.15, 0.2) is 0 Å². The van der Waals surface area contributed by atoms with Crippen molar-refractivity contribution in [2.45, 2.75) is 26.7 Å². The second kappa shape index (κ2) is 6.52. The molecule has 0 spiro atoms. The summed E-state index contributed by atoms with van der Waals surface area (Å²) in [7, 11) is 0. The van der Waals surface area contributed by atoms with E-state index in [0.717, 1.165) is 0 Å². The number of Topliss-reactive ketones (excluding diaryl/α,β-unsaturated/α-hetero) is 1. The van der Waals surface area contributed by atoms with Crippen LogP contribution in [0.3, 0.4) is 0 Å². The van der Waals surface area contributed by atoms with E-state index in [2.05, 4.69) is 43.4 Å². The fourth-order valence-electron chi connectivity index (χ4n) is 4.77. The van der Waals surface area contributed by atoms with E-state index in [1.54, 1.807) is 6.92 Å². The Morgan fingerprint density at radius 3 is 2.07 bits per heavy atom. The molecule has 0 bridgehead atoms. The molecule has 4 nitrogen and oxygen atoms in total. The topological polar surface area (TPSA) is 55.4 Å². The van der Waals surface area contributed by atoms with Gasteiger partial charge in [-0.15, -0.1) is 0 Å². The predicted molar refractivity (Wildman–Crippen MR) is 105 cm³/mol. The zero-order valence-corrected chi connectivity index (χ0v) is 16.0. The van der Waals surface area contributed by atoms with Crippen LogP contribution in [0, 0.1) is 17.3 Å². The van der Waals surface area contributed by atoms with Crippen LogP contribution < -0.4 is 5.32 Å². The molecule has 2 aromatic rings. The van der Waals surface area contributed by atoms with Gasteiger partial charge >= 0.3 is 6.09 Å². The first-order valence-corrected chi connectivity index (χ1v) is 9.50. The van der Waals surface area contributed by atoms with E-state index < -0.39 is 6.09 Å². The van der Waals surface area contributed by atoms with E-state index in [1.165, 1.54) is 22.3 Å². The smallest absolute Gasteiger partial charge is 0.407 e. The lowest BCUT2D eigenvalue weighted by Crippen LogP contribution is -2.29. The number of carbonyl (C=O) groups is 2. The number of alkyl carbamates (subject to hydrolysis) is 1. The molecule has 0 saturated heterocycles. The molecular weight excluding hydrogens is 338 g/mol. The molecule has 1 saturated carbocycles. The van der Waals surface area contributed by atoms with Crippen LogP contribution in [0.4, 0.5) is 4.79 Å². The second-order valence-electron chi connectivity index (χ2n) is 8.22. The standard InChI is InChI=1S/C23H25NO3/c1-14(25)21-20(23(21,2)3)12-24-22(26)27-13-19-17-10-6-4-8-15(17)16-9-5-7-11-18(16)19/h4-11,19-21H,12-13H2,1-3H3,(H,24,26)/t20-,21-/m1/s1. The maximum Gasteiger partial charge on any atom is 0.407 e. The third kappa shape index (κ3) is 3.03. The average Bonchev–Trinajstić information content (AvgIpc) is 3.06. The Labute approximate surface area is 159 Å². The first-order chi connectivity index (χ1) is 12.9. The van der Waals surface area contributed by atoms with E-state index in [-0.39, 0.29) is 29.0 Å². The lowest BCUT2D eigenvalue weighted by atomic mass is 9.98. The summed E-state index contributed by atoms with van der Waals surface area (Å²) in [6, 6.07) is 16.6. The highest BCUT2D eigenvalue weighted by Gasteiger charge is 2.59. The van der Waals surface area contributed by atoms with Gasteiger partial charge in [-0.1, -0.05) is 62.4 Å². The van der Waals surface area contributed by atoms with E-state index in [1.807, 2.05) is 24.3 Å². The van der Waals surface area contributed by atoms with Gasteiger partial charge < -0.3 is 10.1 Å². The molecule has 140 valence electrons. The van der Waals surface area contributed by atoms with Crippen molar-refractivity contribution in [2.75, 3.05) is 13.2 Å². The normalized spacial score (nSPS) is 21.9. The minimum absolute atomic E-state index is 0.0337. The molecule has 2 aromatic carbocycles. The quantitative estimate of drug-likeness (QED) is 0.857. The summed E-state index contributed by atoms with van der Waals surface area (Å²) in [5.41, 5.74) is 4.79. The van der Waals surface area contributed by atoms with Gasteiger partial charge in [-0.25, -0.2) is 4.79 Å². The van der Waals surface area contributed by atoms with Crippen molar-refractivity contribution in [3.05, 3.63) is 59.7 Å². The maximum absolute atomic E-state index is 12.2. The van der Waals surface area contributed by atoms with Crippen LogP contribution in [0.1, 0.15) is 37.8 Å². The average molecular weight is 363 g/mol. The monoisotopic (exact) mass is 363 g/mol. The molecule has 2 aliphatic rings. The number of hydrogen-bond acceptors (Lipinski definition) is 3. The van der Waals surface area contributed by atoms with Crippen LogP contribution in [0.25, 0.3) is 11.1 Å². The Bertz CT molecular complexity index is 857. The Balaban J connectivity index is 1.38. The van der Waals surface area contributed by atoms with Crippen LogP contribution in [-0.4, -0.2) is 25.0 Å². The summed E-state index contributed by atoms with van der Waals surface area (Å²) in [6.45, 7) is 6.56. The molecule has 2 atom stereocenters. The van der Waals surface area contributed by atoms with E-state index in [0.29, 0.717) is 13.2 Å². The van der Waals surface area contributed by atoms with Crippen LogP contribution in [0.15, 0.2) is 48.5 Å². The largest absolute Gasteiger partial charge is 0.449 e. The van der Waals surface area contributed by atoms with Gasteiger partial charge in [0.2, 0.25) is 0 Å². The molecule has 0 aliphatic heterocycles. The highest BCUT2D eigenvalue weighted by molar-refractivity contribution is 5.83. The summed E-state index contributed by atoms with van der Waals surface area (Å²) in [4.78, 5) is 23.9. The Morgan fingerprint density at radius 1 is 1.00 bits per heavy atom. The van der Waals surface area contributed by atoms with Crippen LogP contribution in [0.2, 0.25) is 0 Å². The summed E-state index contributed by atoms with van der Waals surface area (Å²) >= 11 is 0. The van der Waals surface area contributed by atoms with Crippen LogP contribution in [0.5, 0.6) is 0 Å². The molecule has 1 fully saturated rings. The van der Waals surface area contributed by atoms with Gasteiger partial charge in [0, 0.05) is 18.4 Å². The van der Waals surface area contributed by atoms with Crippen molar-refractivity contribution in [1.82, 2.24) is 5.32 Å². The summed E-state index contributed by atoms with van der Waals surface area (Å²) in [6.07, 6.45) is -0.415. The summed E-state index contributed by atoms with van der Waals surface area (Å²) < 4.78 is 5.55. The number of ether oxygens (including phenoxy) is 1. The van der Waals surface area contributed by atoms with Gasteiger partial charge in [-0.05, 0) is 40.5 Å². The highest BCUT2D eigenvalue weighted by atomic mass is 16.5. The van der Waals surface area contributed by atoms with Crippen molar-refractivity contribution in [1.29, 1.82) is 0 Å². The second-order valence-corrected chi connectivity index (χ2v) is 8.22. The van der Waals surface area contributed by atoms with Crippen LogP contribution in [-0.2, 0) is 9.53 Å². The summed E-state index contributed by atoms with van der Waals surface area (Å²) in [5.74, 6) is 0.478. The molecule has 0 heterocycles. The van der Waals surface area contributed by atoms with Gasteiger partial charge in [0.25, 0.3) is 0 Å². The molecular formula is C23H25NO3. The highest BCUT2D eigenvalue weighted by Crippen LogP contribution is 2.58. The van der Waals surface area contributed by atoms with Crippen molar-refractivity contribution in [3.8, 4) is 11.1 Å². The predicted octanol–water partition coefficient (Wildman–Crippen LogP) is 4.39. The minimum atomic E-state index is -0.415. The molecule has 1 amide bonds. The fourth-order valence-corrected chi connectivity index (χ4v) is 4.77. The molecule has 4 rings (SSSR count). The Kier molecular flexibility index (Phi) is 4.29. The van der Waals surface area contributed by atoms with E-state index in [4.69, 9.17) is 4.74 Å². The third-order valence-electron chi connectivity index (χ3n) is 6.30. The molecule has 1 N–H and O–H groups in total. The van der Waals surface area contributed by atoms with Gasteiger partial charge in [-0.2, -0.15) is 0 Å². The molecule has 2 aliphatic carbocycles. The summed E-state index contributed by atoms with van der Waals surface area (Å²) in [5, 5.41) is 2.84. The lowest BCUT2D eigenvalue weighted by Gasteiger charge is -2.14.